The Hall–Kier alpha value is -1.70. The van der Waals surface area contributed by atoms with Crippen molar-refractivity contribution in [3.05, 3.63) is 34.9 Å². The molecule has 0 fully saturated rings. The summed E-state index contributed by atoms with van der Waals surface area (Å²) in [6.45, 7) is 5.89. The molecule has 0 atom stereocenters. The summed E-state index contributed by atoms with van der Waals surface area (Å²) in [5.41, 5.74) is 3.01. The Labute approximate surface area is 95.5 Å². The molecule has 2 aromatic carbocycles. The Morgan fingerprint density at radius 2 is 1.69 bits per heavy atom. The monoisotopic (exact) mass is 216 g/mol. The van der Waals surface area contributed by atoms with E-state index < -0.39 is 0 Å². The van der Waals surface area contributed by atoms with Crippen LogP contribution in [-0.4, -0.2) is 12.2 Å². The summed E-state index contributed by atoms with van der Waals surface area (Å²) < 4.78 is 5.42. The highest BCUT2D eigenvalue weighted by Crippen LogP contribution is 2.39. The van der Waals surface area contributed by atoms with Crippen LogP contribution in [0.5, 0.6) is 11.5 Å². The van der Waals surface area contributed by atoms with Gasteiger partial charge in [-0.15, -0.1) is 0 Å². The summed E-state index contributed by atoms with van der Waals surface area (Å²) in [4.78, 5) is 0. The van der Waals surface area contributed by atoms with Crippen LogP contribution >= 0.6 is 0 Å². The van der Waals surface area contributed by atoms with Crippen LogP contribution in [0.1, 0.15) is 16.7 Å². The standard InChI is InChI=1S/C14H16O2/c1-8-5-6-11-12(7-8)13(15)9(2)10(3)14(11)16-4/h5-7,15H,1-4H3. The lowest BCUT2D eigenvalue weighted by Gasteiger charge is -2.14. The second kappa shape index (κ2) is 3.71. The molecule has 2 rings (SSSR count). The summed E-state index contributed by atoms with van der Waals surface area (Å²) in [6, 6.07) is 6.01. The average molecular weight is 216 g/mol. The third-order valence-corrected chi connectivity index (χ3v) is 3.14. The summed E-state index contributed by atoms with van der Waals surface area (Å²) in [5, 5.41) is 12.0. The fourth-order valence-corrected chi connectivity index (χ4v) is 2.07. The summed E-state index contributed by atoms with van der Waals surface area (Å²) in [6.07, 6.45) is 0. The summed E-state index contributed by atoms with van der Waals surface area (Å²) >= 11 is 0. The van der Waals surface area contributed by atoms with Gasteiger partial charge in [0.05, 0.1) is 7.11 Å². The van der Waals surface area contributed by atoms with E-state index in [1.54, 1.807) is 7.11 Å². The van der Waals surface area contributed by atoms with Gasteiger partial charge in [0.1, 0.15) is 11.5 Å². The number of hydrogen-bond acceptors (Lipinski definition) is 2. The fourth-order valence-electron chi connectivity index (χ4n) is 2.07. The highest BCUT2D eigenvalue weighted by Gasteiger charge is 2.13. The van der Waals surface area contributed by atoms with E-state index in [1.165, 1.54) is 0 Å². The van der Waals surface area contributed by atoms with Crippen LogP contribution in [0.3, 0.4) is 0 Å². The highest BCUT2D eigenvalue weighted by atomic mass is 16.5. The van der Waals surface area contributed by atoms with E-state index in [0.29, 0.717) is 5.75 Å². The maximum atomic E-state index is 10.1. The molecular formula is C14H16O2. The minimum Gasteiger partial charge on any atom is -0.507 e. The van der Waals surface area contributed by atoms with Gasteiger partial charge in [-0.3, -0.25) is 0 Å². The predicted octanol–water partition coefficient (Wildman–Crippen LogP) is 3.48. The fraction of sp³-hybridized carbons (Fsp3) is 0.286. The number of methoxy groups -OCH3 is 1. The molecule has 0 bridgehead atoms. The second-order valence-corrected chi connectivity index (χ2v) is 4.18. The van der Waals surface area contributed by atoms with Crippen LogP contribution in [0.4, 0.5) is 0 Å². The first kappa shape index (κ1) is 10.8. The number of aromatic hydroxyl groups is 1. The molecule has 0 heterocycles. The minimum absolute atomic E-state index is 0.358. The molecule has 0 aliphatic rings. The van der Waals surface area contributed by atoms with E-state index in [1.807, 2.05) is 39.0 Å². The number of hydrogen-bond donors (Lipinski definition) is 1. The molecule has 84 valence electrons. The van der Waals surface area contributed by atoms with Crippen molar-refractivity contribution >= 4 is 10.8 Å². The molecule has 2 aromatic rings. The summed E-state index contributed by atoms with van der Waals surface area (Å²) in [7, 11) is 1.66. The molecule has 0 aliphatic carbocycles. The Bertz CT molecular complexity index is 556. The largest absolute Gasteiger partial charge is 0.507 e. The quantitative estimate of drug-likeness (QED) is 0.790. The zero-order chi connectivity index (χ0) is 11.9. The first-order chi connectivity index (χ1) is 7.56. The normalized spacial score (nSPS) is 10.8. The molecular weight excluding hydrogens is 200 g/mol. The van der Waals surface area contributed by atoms with Gasteiger partial charge in [-0.25, -0.2) is 0 Å². The summed E-state index contributed by atoms with van der Waals surface area (Å²) in [5.74, 6) is 1.21. The first-order valence-electron chi connectivity index (χ1n) is 5.32. The van der Waals surface area contributed by atoms with E-state index in [-0.39, 0.29) is 0 Å². The molecule has 0 aromatic heterocycles. The maximum Gasteiger partial charge on any atom is 0.130 e. The number of phenolic OH excluding ortho intramolecular Hbond substituents is 1. The van der Waals surface area contributed by atoms with Crippen molar-refractivity contribution < 1.29 is 9.84 Å². The van der Waals surface area contributed by atoms with Gasteiger partial charge < -0.3 is 9.84 Å². The van der Waals surface area contributed by atoms with Crippen molar-refractivity contribution in [2.24, 2.45) is 0 Å². The van der Waals surface area contributed by atoms with Gasteiger partial charge in [-0.05, 0) is 38.0 Å². The van der Waals surface area contributed by atoms with Crippen molar-refractivity contribution in [2.45, 2.75) is 20.8 Å². The lowest BCUT2D eigenvalue weighted by molar-refractivity contribution is 0.414. The molecule has 0 radical (unpaired) electrons. The number of benzene rings is 2. The van der Waals surface area contributed by atoms with Gasteiger partial charge in [-0.2, -0.15) is 0 Å². The number of rotatable bonds is 1. The van der Waals surface area contributed by atoms with Crippen LogP contribution in [0.25, 0.3) is 10.8 Å². The zero-order valence-electron chi connectivity index (χ0n) is 10.1. The first-order valence-corrected chi connectivity index (χ1v) is 5.32. The van der Waals surface area contributed by atoms with Crippen LogP contribution in [0, 0.1) is 20.8 Å². The van der Waals surface area contributed by atoms with E-state index in [0.717, 1.165) is 33.2 Å². The number of phenols is 1. The van der Waals surface area contributed by atoms with Crippen molar-refractivity contribution in [1.82, 2.24) is 0 Å². The Kier molecular flexibility index (Phi) is 2.50. The number of fused-ring (bicyclic) bond motifs is 1. The third-order valence-electron chi connectivity index (χ3n) is 3.14. The van der Waals surface area contributed by atoms with Crippen molar-refractivity contribution in [3.8, 4) is 11.5 Å². The minimum atomic E-state index is 0.358. The van der Waals surface area contributed by atoms with Crippen LogP contribution in [0.15, 0.2) is 18.2 Å². The van der Waals surface area contributed by atoms with Gasteiger partial charge in [-0.1, -0.05) is 17.7 Å². The van der Waals surface area contributed by atoms with Gasteiger partial charge in [0.2, 0.25) is 0 Å². The topological polar surface area (TPSA) is 29.5 Å². The molecule has 0 aliphatic heterocycles. The van der Waals surface area contributed by atoms with Gasteiger partial charge in [0.15, 0.2) is 0 Å². The van der Waals surface area contributed by atoms with Crippen LogP contribution < -0.4 is 4.74 Å². The molecule has 16 heavy (non-hydrogen) atoms. The maximum absolute atomic E-state index is 10.1. The molecule has 0 unspecified atom stereocenters. The van der Waals surface area contributed by atoms with Crippen molar-refractivity contribution in [1.29, 1.82) is 0 Å². The van der Waals surface area contributed by atoms with Crippen LogP contribution in [0.2, 0.25) is 0 Å². The molecule has 0 saturated carbocycles. The Morgan fingerprint density at radius 1 is 1.00 bits per heavy atom. The van der Waals surface area contributed by atoms with Gasteiger partial charge >= 0.3 is 0 Å². The molecule has 0 spiro atoms. The SMILES string of the molecule is COc1c(C)c(C)c(O)c2cc(C)ccc12. The molecule has 0 amide bonds. The van der Waals surface area contributed by atoms with E-state index >= 15 is 0 Å². The van der Waals surface area contributed by atoms with Crippen molar-refractivity contribution in [2.75, 3.05) is 7.11 Å². The smallest absolute Gasteiger partial charge is 0.130 e. The zero-order valence-corrected chi connectivity index (χ0v) is 10.1. The molecule has 1 N–H and O–H groups in total. The molecule has 0 saturated heterocycles. The Morgan fingerprint density at radius 3 is 2.31 bits per heavy atom. The number of ether oxygens (including phenoxy) is 1. The number of aryl methyl sites for hydroxylation is 1. The Balaban J connectivity index is 2.97. The lowest BCUT2D eigenvalue weighted by Crippen LogP contribution is -1.93. The lowest BCUT2D eigenvalue weighted by atomic mass is 9.98. The highest BCUT2D eigenvalue weighted by molar-refractivity contribution is 5.96. The average Bonchev–Trinajstić information content (AvgIpc) is 2.28. The van der Waals surface area contributed by atoms with E-state index in [4.69, 9.17) is 4.74 Å². The third kappa shape index (κ3) is 1.42. The van der Waals surface area contributed by atoms with E-state index in [9.17, 15) is 5.11 Å². The van der Waals surface area contributed by atoms with Crippen molar-refractivity contribution in [3.63, 3.8) is 0 Å². The van der Waals surface area contributed by atoms with Gasteiger partial charge in [0.25, 0.3) is 0 Å². The van der Waals surface area contributed by atoms with Crippen LogP contribution in [-0.2, 0) is 0 Å². The molecule has 2 nitrogen and oxygen atoms in total. The predicted molar refractivity (Wildman–Crippen MR) is 66.4 cm³/mol. The molecule has 2 heteroatoms. The second-order valence-electron chi connectivity index (χ2n) is 4.18. The van der Waals surface area contributed by atoms with E-state index in [2.05, 4.69) is 0 Å². The van der Waals surface area contributed by atoms with Gasteiger partial charge in [0, 0.05) is 10.8 Å².